The molecule has 0 saturated heterocycles. The fraction of sp³-hybridized carbons (Fsp3) is 0.158. The molecular formula is C19H18N4O4. The molecule has 4 amide bonds. The van der Waals surface area contributed by atoms with Gasteiger partial charge in [-0.15, -0.1) is 0 Å². The molecule has 138 valence electrons. The Kier molecular flexibility index (Phi) is 5.16. The van der Waals surface area contributed by atoms with Crippen LogP contribution in [0.3, 0.4) is 0 Å². The van der Waals surface area contributed by atoms with Gasteiger partial charge < -0.3 is 21.3 Å². The molecular weight excluding hydrogens is 348 g/mol. The van der Waals surface area contributed by atoms with Gasteiger partial charge in [0.2, 0.25) is 11.8 Å². The van der Waals surface area contributed by atoms with Gasteiger partial charge in [-0.2, -0.15) is 0 Å². The lowest BCUT2D eigenvalue weighted by molar-refractivity contribution is -0.122. The predicted octanol–water partition coefficient (Wildman–Crippen LogP) is 1.13. The van der Waals surface area contributed by atoms with Crippen LogP contribution in [0.1, 0.15) is 27.1 Å². The predicted molar refractivity (Wildman–Crippen MR) is 99.4 cm³/mol. The van der Waals surface area contributed by atoms with Gasteiger partial charge in [-0.05, 0) is 30.3 Å². The summed E-state index contributed by atoms with van der Waals surface area (Å²) in [6, 6.07) is 12.0. The zero-order valence-corrected chi connectivity index (χ0v) is 14.5. The summed E-state index contributed by atoms with van der Waals surface area (Å²) < 4.78 is 0. The number of hydrogen-bond donors (Lipinski definition) is 4. The van der Waals surface area contributed by atoms with Gasteiger partial charge in [-0.25, -0.2) is 0 Å². The van der Waals surface area contributed by atoms with Crippen molar-refractivity contribution in [1.82, 2.24) is 10.6 Å². The van der Waals surface area contributed by atoms with E-state index in [2.05, 4.69) is 21.3 Å². The Morgan fingerprint density at radius 3 is 2.63 bits per heavy atom. The Hall–Kier alpha value is -3.68. The molecule has 4 N–H and O–H groups in total. The Morgan fingerprint density at radius 1 is 1.07 bits per heavy atom. The summed E-state index contributed by atoms with van der Waals surface area (Å²) in [6.07, 6.45) is -0.240. The molecule has 8 nitrogen and oxygen atoms in total. The number of para-hydroxylation sites is 1. The van der Waals surface area contributed by atoms with Crippen LogP contribution in [0.2, 0.25) is 0 Å². The maximum absolute atomic E-state index is 12.3. The van der Waals surface area contributed by atoms with Crippen LogP contribution < -0.4 is 21.3 Å². The molecule has 0 fully saturated rings. The highest BCUT2D eigenvalue weighted by Gasteiger charge is 2.29. The highest BCUT2D eigenvalue weighted by molar-refractivity contribution is 6.11. The number of fused-ring (bicyclic) bond motifs is 1. The van der Waals surface area contributed by atoms with Crippen molar-refractivity contribution >= 4 is 35.0 Å². The third-order valence-corrected chi connectivity index (χ3v) is 4.08. The first-order valence-electron chi connectivity index (χ1n) is 8.30. The van der Waals surface area contributed by atoms with Gasteiger partial charge in [0.05, 0.1) is 17.7 Å². The minimum absolute atomic E-state index is 0.240. The summed E-state index contributed by atoms with van der Waals surface area (Å²) >= 11 is 0. The van der Waals surface area contributed by atoms with E-state index in [4.69, 9.17) is 0 Å². The van der Waals surface area contributed by atoms with Crippen LogP contribution >= 0.6 is 0 Å². The molecule has 27 heavy (non-hydrogen) atoms. The van der Waals surface area contributed by atoms with E-state index in [0.29, 0.717) is 22.5 Å². The smallest absolute Gasteiger partial charge is 0.254 e. The van der Waals surface area contributed by atoms with Crippen molar-refractivity contribution in [2.75, 3.05) is 17.7 Å². The summed E-state index contributed by atoms with van der Waals surface area (Å²) in [5, 5.41) is 10.3. The van der Waals surface area contributed by atoms with Crippen LogP contribution in [0.5, 0.6) is 0 Å². The fourth-order valence-electron chi connectivity index (χ4n) is 2.74. The van der Waals surface area contributed by atoms with Crippen molar-refractivity contribution < 1.29 is 19.2 Å². The number of anilines is 2. The molecule has 0 bridgehead atoms. The molecule has 0 aromatic heterocycles. The Labute approximate surface area is 155 Å². The van der Waals surface area contributed by atoms with E-state index in [9.17, 15) is 19.2 Å². The van der Waals surface area contributed by atoms with E-state index in [1.54, 1.807) is 42.5 Å². The summed E-state index contributed by atoms with van der Waals surface area (Å²) in [6.45, 7) is 0. The lowest BCUT2D eigenvalue weighted by Crippen LogP contribution is -2.43. The van der Waals surface area contributed by atoms with Gasteiger partial charge in [0.25, 0.3) is 11.8 Å². The molecule has 2 aromatic carbocycles. The van der Waals surface area contributed by atoms with Gasteiger partial charge in [-0.1, -0.05) is 18.2 Å². The molecule has 0 aliphatic carbocycles. The largest absolute Gasteiger partial charge is 0.355 e. The number of amides is 4. The second-order valence-corrected chi connectivity index (χ2v) is 5.97. The van der Waals surface area contributed by atoms with E-state index in [1.165, 1.54) is 13.1 Å². The first-order valence-corrected chi connectivity index (χ1v) is 8.30. The third-order valence-electron chi connectivity index (χ3n) is 4.08. The van der Waals surface area contributed by atoms with Crippen LogP contribution in [-0.2, 0) is 9.59 Å². The summed E-state index contributed by atoms with van der Waals surface area (Å²) in [5.74, 6) is -1.64. The quantitative estimate of drug-likeness (QED) is 0.649. The van der Waals surface area contributed by atoms with Gasteiger partial charge in [0.1, 0.15) is 6.04 Å². The molecule has 1 heterocycles. The molecule has 0 radical (unpaired) electrons. The highest BCUT2D eigenvalue weighted by atomic mass is 16.2. The number of benzene rings is 2. The van der Waals surface area contributed by atoms with Gasteiger partial charge >= 0.3 is 0 Å². The maximum Gasteiger partial charge on any atom is 0.254 e. The Morgan fingerprint density at radius 2 is 1.85 bits per heavy atom. The zero-order chi connectivity index (χ0) is 19.4. The van der Waals surface area contributed by atoms with Crippen molar-refractivity contribution in [3.05, 3.63) is 59.7 Å². The molecule has 0 saturated carbocycles. The molecule has 3 rings (SSSR count). The number of carbonyl (C=O) groups is 4. The van der Waals surface area contributed by atoms with Crippen LogP contribution in [0, 0.1) is 0 Å². The van der Waals surface area contributed by atoms with Gasteiger partial charge in [0, 0.05) is 18.3 Å². The standard InChI is InChI=1S/C19H18N4O4/c1-20-17(25)11-5-4-6-12(9-11)21-16(24)10-15-19(27)22-14-8-3-2-7-13(14)18(26)23-15/h2-9,15H,10H2,1H3,(H,20,25)(H,21,24)(H,22,27)(H,23,26)/t15-/m0/s1. The average Bonchev–Trinajstić information content (AvgIpc) is 2.78. The Balaban J connectivity index is 1.69. The highest BCUT2D eigenvalue weighted by Crippen LogP contribution is 2.19. The van der Waals surface area contributed by atoms with Crippen LogP contribution in [0.15, 0.2) is 48.5 Å². The molecule has 1 aliphatic rings. The molecule has 8 heteroatoms. The minimum Gasteiger partial charge on any atom is -0.355 e. The summed E-state index contributed by atoms with van der Waals surface area (Å²) in [7, 11) is 1.51. The van der Waals surface area contributed by atoms with Gasteiger partial charge in [-0.3, -0.25) is 19.2 Å². The van der Waals surface area contributed by atoms with Gasteiger partial charge in [0.15, 0.2) is 0 Å². The topological polar surface area (TPSA) is 116 Å². The van der Waals surface area contributed by atoms with Crippen molar-refractivity contribution in [2.45, 2.75) is 12.5 Å². The zero-order valence-electron chi connectivity index (χ0n) is 14.5. The summed E-state index contributed by atoms with van der Waals surface area (Å²) in [5.41, 5.74) is 1.56. The van der Waals surface area contributed by atoms with E-state index in [0.717, 1.165) is 0 Å². The number of nitrogens with one attached hydrogen (secondary N) is 4. The summed E-state index contributed by atoms with van der Waals surface area (Å²) in [4.78, 5) is 48.6. The Bertz CT molecular complexity index is 925. The van der Waals surface area contributed by atoms with E-state index in [1.807, 2.05) is 0 Å². The molecule has 0 unspecified atom stereocenters. The van der Waals surface area contributed by atoms with Crippen molar-refractivity contribution in [3.63, 3.8) is 0 Å². The molecule has 1 aliphatic heterocycles. The van der Waals surface area contributed by atoms with Crippen molar-refractivity contribution in [3.8, 4) is 0 Å². The lowest BCUT2D eigenvalue weighted by atomic mass is 10.1. The minimum atomic E-state index is -1.01. The fourth-order valence-corrected chi connectivity index (χ4v) is 2.74. The normalized spacial score (nSPS) is 15.7. The van der Waals surface area contributed by atoms with Crippen LogP contribution in [0.4, 0.5) is 11.4 Å². The van der Waals surface area contributed by atoms with E-state index in [-0.39, 0.29) is 12.3 Å². The lowest BCUT2D eigenvalue weighted by Gasteiger charge is -2.14. The average molecular weight is 366 g/mol. The van der Waals surface area contributed by atoms with Crippen molar-refractivity contribution in [1.29, 1.82) is 0 Å². The molecule has 0 spiro atoms. The second-order valence-electron chi connectivity index (χ2n) is 5.97. The maximum atomic E-state index is 12.3. The third kappa shape index (κ3) is 4.12. The first kappa shape index (κ1) is 18.1. The monoisotopic (exact) mass is 366 g/mol. The number of carbonyl (C=O) groups excluding carboxylic acids is 4. The van der Waals surface area contributed by atoms with E-state index >= 15 is 0 Å². The first-order chi connectivity index (χ1) is 13.0. The second kappa shape index (κ2) is 7.69. The van der Waals surface area contributed by atoms with E-state index < -0.39 is 23.8 Å². The van der Waals surface area contributed by atoms with Crippen molar-refractivity contribution in [2.24, 2.45) is 0 Å². The van der Waals surface area contributed by atoms with Crippen LogP contribution in [0.25, 0.3) is 0 Å². The molecule has 2 aromatic rings. The number of hydrogen-bond acceptors (Lipinski definition) is 4. The van der Waals surface area contributed by atoms with Crippen LogP contribution in [-0.4, -0.2) is 36.7 Å². The SMILES string of the molecule is CNC(=O)c1cccc(NC(=O)C[C@@H]2NC(=O)c3ccccc3NC2=O)c1. The molecule has 1 atom stereocenters. The number of rotatable bonds is 4.